The summed E-state index contributed by atoms with van der Waals surface area (Å²) in [5.74, 6) is 0.840. The van der Waals surface area contributed by atoms with E-state index in [-0.39, 0.29) is 24.2 Å². The Hall–Kier alpha value is -2.62. The minimum Gasteiger partial charge on any atom is -0.457 e. The van der Waals surface area contributed by atoms with Gasteiger partial charge in [-0.05, 0) is 36.2 Å². The molecule has 1 N–H and O–H groups in total. The van der Waals surface area contributed by atoms with Crippen LogP contribution in [0, 0.1) is 5.92 Å². The quantitative estimate of drug-likeness (QED) is 0.877. The number of rotatable bonds is 4. The maximum absolute atomic E-state index is 11.6. The van der Waals surface area contributed by atoms with Crippen LogP contribution in [0.4, 0.5) is 0 Å². The van der Waals surface area contributed by atoms with Crippen molar-refractivity contribution in [3.63, 3.8) is 0 Å². The molecule has 0 aromatic heterocycles. The summed E-state index contributed by atoms with van der Waals surface area (Å²) < 4.78 is 5.76. The summed E-state index contributed by atoms with van der Waals surface area (Å²) in [5, 5.41) is 2.33. The smallest absolute Gasteiger partial charge is 0.230 e. The van der Waals surface area contributed by atoms with Crippen molar-refractivity contribution in [1.82, 2.24) is 5.32 Å². The average Bonchev–Trinajstić information content (AvgIpc) is 2.78. The molecule has 4 heteroatoms. The third-order valence-corrected chi connectivity index (χ3v) is 3.42. The first-order valence-corrected chi connectivity index (χ1v) is 6.86. The van der Waals surface area contributed by atoms with E-state index < -0.39 is 0 Å². The molecule has 0 radical (unpaired) electrons. The lowest BCUT2D eigenvalue weighted by molar-refractivity contribution is -0.125. The number of imide groups is 1. The molecule has 1 saturated heterocycles. The summed E-state index contributed by atoms with van der Waals surface area (Å²) in [7, 11) is 0. The average molecular weight is 281 g/mol. The van der Waals surface area contributed by atoms with Crippen LogP contribution in [0.1, 0.15) is 12.0 Å². The third-order valence-electron chi connectivity index (χ3n) is 3.42. The number of carbonyl (C=O) groups excluding carboxylic acids is 2. The van der Waals surface area contributed by atoms with Gasteiger partial charge in [-0.25, -0.2) is 0 Å². The van der Waals surface area contributed by atoms with Crippen molar-refractivity contribution in [2.45, 2.75) is 12.8 Å². The van der Waals surface area contributed by atoms with Crippen molar-refractivity contribution < 1.29 is 14.3 Å². The van der Waals surface area contributed by atoms with Gasteiger partial charge < -0.3 is 4.74 Å². The van der Waals surface area contributed by atoms with Crippen molar-refractivity contribution in [3.05, 3.63) is 60.2 Å². The second-order valence-electron chi connectivity index (χ2n) is 5.08. The fraction of sp³-hybridized carbons (Fsp3) is 0.176. The molecule has 2 aromatic carbocycles. The summed E-state index contributed by atoms with van der Waals surface area (Å²) in [6, 6.07) is 17.1. The van der Waals surface area contributed by atoms with Crippen molar-refractivity contribution in [2.75, 3.05) is 0 Å². The molecule has 21 heavy (non-hydrogen) atoms. The van der Waals surface area contributed by atoms with Crippen LogP contribution in [0.2, 0.25) is 0 Å². The Morgan fingerprint density at radius 3 is 2.48 bits per heavy atom. The van der Waals surface area contributed by atoms with Gasteiger partial charge in [-0.15, -0.1) is 0 Å². The SMILES string of the molecule is O=C1CC(Cc2cccc(Oc3ccccc3)c2)C(=O)N1. The van der Waals surface area contributed by atoms with Crippen LogP contribution in [0.15, 0.2) is 54.6 Å². The van der Waals surface area contributed by atoms with Gasteiger partial charge in [0, 0.05) is 6.42 Å². The second kappa shape index (κ2) is 5.79. The summed E-state index contributed by atoms with van der Waals surface area (Å²) in [6.45, 7) is 0. The van der Waals surface area contributed by atoms with Crippen LogP contribution in [0.3, 0.4) is 0 Å². The molecular weight excluding hydrogens is 266 g/mol. The Balaban J connectivity index is 1.71. The van der Waals surface area contributed by atoms with Crippen molar-refractivity contribution in [3.8, 4) is 11.5 Å². The Morgan fingerprint density at radius 1 is 1.00 bits per heavy atom. The van der Waals surface area contributed by atoms with Gasteiger partial charge in [-0.2, -0.15) is 0 Å². The molecule has 106 valence electrons. The first-order valence-electron chi connectivity index (χ1n) is 6.86. The van der Waals surface area contributed by atoms with Gasteiger partial charge in [0.25, 0.3) is 0 Å². The van der Waals surface area contributed by atoms with Crippen molar-refractivity contribution >= 4 is 11.8 Å². The molecule has 0 saturated carbocycles. The summed E-state index contributed by atoms with van der Waals surface area (Å²) in [6.07, 6.45) is 0.812. The van der Waals surface area contributed by atoms with E-state index >= 15 is 0 Å². The predicted octanol–water partition coefficient (Wildman–Crippen LogP) is 2.68. The minimum atomic E-state index is -0.274. The van der Waals surface area contributed by atoms with Gasteiger partial charge in [0.15, 0.2) is 0 Å². The van der Waals surface area contributed by atoms with Crippen LogP contribution in [-0.2, 0) is 16.0 Å². The maximum atomic E-state index is 11.6. The van der Waals surface area contributed by atoms with Gasteiger partial charge in [0.05, 0.1) is 5.92 Å². The number of para-hydroxylation sites is 1. The molecule has 1 unspecified atom stereocenters. The highest BCUT2D eigenvalue weighted by Gasteiger charge is 2.30. The molecule has 1 atom stereocenters. The Kier molecular flexibility index (Phi) is 3.69. The van der Waals surface area contributed by atoms with E-state index in [2.05, 4.69) is 5.32 Å². The number of ether oxygens (including phenoxy) is 1. The van der Waals surface area contributed by atoms with Gasteiger partial charge in [0.1, 0.15) is 11.5 Å². The largest absolute Gasteiger partial charge is 0.457 e. The number of carbonyl (C=O) groups is 2. The van der Waals surface area contributed by atoms with Crippen molar-refractivity contribution in [1.29, 1.82) is 0 Å². The lowest BCUT2D eigenvalue weighted by Gasteiger charge is -2.09. The maximum Gasteiger partial charge on any atom is 0.230 e. The van der Waals surface area contributed by atoms with Crippen LogP contribution < -0.4 is 10.1 Å². The van der Waals surface area contributed by atoms with Crippen LogP contribution in [0.25, 0.3) is 0 Å². The Bertz CT molecular complexity index is 667. The second-order valence-corrected chi connectivity index (χ2v) is 5.08. The predicted molar refractivity (Wildman–Crippen MR) is 77.9 cm³/mol. The highest BCUT2D eigenvalue weighted by atomic mass is 16.5. The fourth-order valence-corrected chi connectivity index (χ4v) is 2.42. The van der Waals surface area contributed by atoms with E-state index in [1.54, 1.807) is 0 Å². The highest BCUT2D eigenvalue weighted by molar-refractivity contribution is 6.03. The molecule has 2 amide bonds. The summed E-state index contributed by atoms with van der Waals surface area (Å²) in [4.78, 5) is 22.8. The topological polar surface area (TPSA) is 55.4 Å². The lowest BCUT2D eigenvalue weighted by atomic mass is 9.98. The lowest BCUT2D eigenvalue weighted by Crippen LogP contribution is -2.22. The molecule has 1 aliphatic rings. The molecule has 0 bridgehead atoms. The Labute approximate surface area is 122 Å². The first kappa shape index (κ1) is 13.4. The van der Waals surface area contributed by atoms with E-state index in [0.29, 0.717) is 6.42 Å². The van der Waals surface area contributed by atoms with E-state index in [4.69, 9.17) is 4.74 Å². The fourth-order valence-electron chi connectivity index (χ4n) is 2.42. The van der Waals surface area contributed by atoms with Gasteiger partial charge >= 0.3 is 0 Å². The van der Waals surface area contributed by atoms with Crippen LogP contribution in [0.5, 0.6) is 11.5 Å². The minimum absolute atomic E-state index is 0.186. The molecule has 4 nitrogen and oxygen atoms in total. The third kappa shape index (κ3) is 3.28. The molecular formula is C17H15NO3. The first-order chi connectivity index (χ1) is 10.2. The van der Waals surface area contributed by atoms with E-state index in [1.165, 1.54) is 0 Å². The molecule has 1 aliphatic heterocycles. The van der Waals surface area contributed by atoms with Gasteiger partial charge in [0.2, 0.25) is 11.8 Å². The number of benzene rings is 2. The van der Waals surface area contributed by atoms with E-state index in [9.17, 15) is 9.59 Å². The van der Waals surface area contributed by atoms with Gasteiger partial charge in [-0.3, -0.25) is 14.9 Å². The number of hydrogen-bond acceptors (Lipinski definition) is 3. The number of hydrogen-bond donors (Lipinski definition) is 1. The zero-order valence-corrected chi connectivity index (χ0v) is 11.4. The normalized spacial score (nSPS) is 17.6. The molecule has 3 rings (SSSR count). The monoisotopic (exact) mass is 281 g/mol. The summed E-state index contributed by atoms with van der Waals surface area (Å²) in [5.41, 5.74) is 0.985. The summed E-state index contributed by atoms with van der Waals surface area (Å²) >= 11 is 0. The van der Waals surface area contributed by atoms with Crippen LogP contribution in [-0.4, -0.2) is 11.8 Å². The highest BCUT2D eigenvalue weighted by Crippen LogP contribution is 2.24. The van der Waals surface area contributed by atoms with Crippen LogP contribution >= 0.6 is 0 Å². The molecule has 0 aliphatic carbocycles. The molecule has 1 fully saturated rings. The number of amides is 2. The molecule has 2 aromatic rings. The number of nitrogens with one attached hydrogen (secondary N) is 1. The van der Waals surface area contributed by atoms with Gasteiger partial charge in [-0.1, -0.05) is 30.3 Å². The zero-order valence-electron chi connectivity index (χ0n) is 11.4. The molecule has 0 spiro atoms. The Morgan fingerprint density at radius 2 is 1.76 bits per heavy atom. The molecule has 1 heterocycles. The van der Waals surface area contributed by atoms with Crippen molar-refractivity contribution in [2.24, 2.45) is 5.92 Å². The standard InChI is InChI=1S/C17H15NO3/c19-16-11-13(17(20)18-16)9-12-5-4-8-15(10-12)21-14-6-2-1-3-7-14/h1-8,10,13H,9,11H2,(H,18,19,20). The zero-order chi connectivity index (χ0) is 14.7. The van der Waals surface area contributed by atoms with E-state index in [1.807, 2.05) is 54.6 Å². The van der Waals surface area contributed by atoms with E-state index in [0.717, 1.165) is 17.1 Å².